The summed E-state index contributed by atoms with van der Waals surface area (Å²) in [5.41, 5.74) is 3.05. The first-order valence-electron chi connectivity index (χ1n) is 8.31. The van der Waals surface area contributed by atoms with Gasteiger partial charge in [0.2, 0.25) is 0 Å². The SMILES string of the molecule is CCCCN(CC1NCCc2ccccc21)C(C)CC. The molecule has 2 unspecified atom stereocenters. The fourth-order valence-corrected chi connectivity index (χ4v) is 3.10. The lowest BCUT2D eigenvalue weighted by molar-refractivity contribution is 0.177. The molecule has 1 aromatic rings. The molecule has 0 aromatic heterocycles. The van der Waals surface area contributed by atoms with Gasteiger partial charge >= 0.3 is 0 Å². The molecule has 1 aromatic carbocycles. The first-order valence-corrected chi connectivity index (χ1v) is 8.31. The second-order valence-corrected chi connectivity index (χ2v) is 6.06. The van der Waals surface area contributed by atoms with Crippen molar-refractivity contribution >= 4 is 0 Å². The lowest BCUT2D eigenvalue weighted by Gasteiger charge is -2.35. The molecule has 0 bridgehead atoms. The van der Waals surface area contributed by atoms with Gasteiger partial charge < -0.3 is 5.32 Å². The van der Waals surface area contributed by atoms with Crippen LogP contribution >= 0.6 is 0 Å². The zero-order valence-corrected chi connectivity index (χ0v) is 13.4. The monoisotopic (exact) mass is 274 g/mol. The Kier molecular flexibility index (Phi) is 6.06. The second kappa shape index (κ2) is 7.80. The van der Waals surface area contributed by atoms with Crippen molar-refractivity contribution in [1.29, 1.82) is 0 Å². The summed E-state index contributed by atoms with van der Waals surface area (Å²) in [6, 6.07) is 10.1. The predicted octanol–water partition coefficient (Wildman–Crippen LogP) is 3.77. The van der Waals surface area contributed by atoms with Crippen molar-refractivity contribution < 1.29 is 0 Å². The van der Waals surface area contributed by atoms with Gasteiger partial charge in [-0.3, -0.25) is 4.90 Å². The summed E-state index contributed by atoms with van der Waals surface area (Å²) < 4.78 is 0. The fourth-order valence-electron chi connectivity index (χ4n) is 3.10. The molecule has 1 aliphatic rings. The van der Waals surface area contributed by atoms with Crippen LogP contribution in [0.4, 0.5) is 0 Å². The van der Waals surface area contributed by atoms with Gasteiger partial charge in [0.05, 0.1) is 0 Å². The Morgan fingerprint density at radius 1 is 1.30 bits per heavy atom. The Balaban J connectivity index is 2.07. The first kappa shape index (κ1) is 15.5. The van der Waals surface area contributed by atoms with Gasteiger partial charge in [-0.25, -0.2) is 0 Å². The van der Waals surface area contributed by atoms with Crippen LogP contribution in [0, 0.1) is 0 Å². The van der Waals surface area contributed by atoms with Gasteiger partial charge in [-0.05, 0) is 50.4 Å². The Hall–Kier alpha value is -0.860. The highest BCUT2D eigenvalue weighted by Gasteiger charge is 2.23. The molecule has 2 atom stereocenters. The van der Waals surface area contributed by atoms with Crippen molar-refractivity contribution in [1.82, 2.24) is 10.2 Å². The molecule has 0 saturated carbocycles. The van der Waals surface area contributed by atoms with Crippen LogP contribution in [0.15, 0.2) is 24.3 Å². The maximum Gasteiger partial charge on any atom is 0.0452 e. The highest BCUT2D eigenvalue weighted by atomic mass is 15.2. The number of rotatable bonds is 7. The first-order chi connectivity index (χ1) is 9.76. The largest absolute Gasteiger partial charge is 0.309 e. The average molecular weight is 274 g/mol. The predicted molar refractivity (Wildman–Crippen MR) is 87.1 cm³/mol. The highest BCUT2D eigenvalue weighted by molar-refractivity contribution is 5.32. The van der Waals surface area contributed by atoms with Gasteiger partial charge in [-0.15, -0.1) is 0 Å². The van der Waals surface area contributed by atoms with Crippen LogP contribution in [-0.4, -0.2) is 30.6 Å². The van der Waals surface area contributed by atoms with E-state index in [1.165, 1.54) is 43.4 Å². The van der Waals surface area contributed by atoms with E-state index in [9.17, 15) is 0 Å². The summed E-state index contributed by atoms with van der Waals surface area (Å²) in [6.45, 7) is 10.4. The van der Waals surface area contributed by atoms with Crippen LogP contribution in [0.2, 0.25) is 0 Å². The molecular formula is C18H30N2. The third-order valence-corrected chi connectivity index (χ3v) is 4.65. The molecule has 0 aliphatic carbocycles. The van der Waals surface area contributed by atoms with E-state index >= 15 is 0 Å². The number of nitrogens with zero attached hydrogens (tertiary/aromatic N) is 1. The standard InChI is InChI=1S/C18H30N2/c1-4-6-13-20(15(3)5-2)14-18-17-10-8-7-9-16(17)11-12-19-18/h7-10,15,18-19H,4-6,11-14H2,1-3H3. The zero-order chi connectivity index (χ0) is 14.4. The van der Waals surface area contributed by atoms with Crippen LogP contribution < -0.4 is 5.32 Å². The van der Waals surface area contributed by atoms with Gasteiger partial charge in [0.1, 0.15) is 0 Å². The summed E-state index contributed by atoms with van der Waals surface area (Å²) in [6.07, 6.45) is 4.99. The summed E-state index contributed by atoms with van der Waals surface area (Å²) in [7, 11) is 0. The molecular weight excluding hydrogens is 244 g/mol. The van der Waals surface area contributed by atoms with E-state index in [0.29, 0.717) is 12.1 Å². The van der Waals surface area contributed by atoms with Crippen molar-refractivity contribution in [3.05, 3.63) is 35.4 Å². The van der Waals surface area contributed by atoms with Crippen LogP contribution in [0.1, 0.15) is 57.2 Å². The number of nitrogens with one attached hydrogen (secondary N) is 1. The van der Waals surface area contributed by atoms with E-state index in [4.69, 9.17) is 0 Å². The van der Waals surface area contributed by atoms with Gasteiger partial charge in [0.15, 0.2) is 0 Å². The Morgan fingerprint density at radius 2 is 2.10 bits per heavy atom. The number of benzene rings is 1. The molecule has 2 heteroatoms. The van der Waals surface area contributed by atoms with Crippen molar-refractivity contribution in [2.75, 3.05) is 19.6 Å². The lowest BCUT2D eigenvalue weighted by atomic mass is 9.93. The second-order valence-electron chi connectivity index (χ2n) is 6.06. The van der Waals surface area contributed by atoms with Crippen molar-refractivity contribution in [3.63, 3.8) is 0 Å². The number of fused-ring (bicyclic) bond motifs is 1. The number of unbranched alkanes of at least 4 members (excludes halogenated alkanes) is 1. The fraction of sp³-hybridized carbons (Fsp3) is 0.667. The number of hydrogen-bond donors (Lipinski definition) is 1. The summed E-state index contributed by atoms with van der Waals surface area (Å²) in [5.74, 6) is 0. The normalized spacial score (nSPS) is 19.9. The molecule has 1 heterocycles. The van der Waals surface area contributed by atoms with Gasteiger partial charge in [-0.1, -0.05) is 44.5 Å². The smallest absolute Gasteiger partial charge is 0.0452 e. The molecule has 20 heavy (non-hydrogen) atoms. The van der Waals surface area contributed by atoms with E-state index in [2.05, 4.69) is 55.3 Å². The highest BCUT2D eigenvalue weighted by Crippen LogP contribution is 2.24. The lowest BCUT2D eigenvalue weighted by Crippen LogP contribution is -2.42. The van der Waals surface area contributed by atoms with Gasteiger partial charge in [0.25, 0.3) is 0 Å². The maximum absolute atomic E-state index is 3.72. The van der Waals surface area contributed by atoms with Crippen molar-refractivity contribution in [2.45, 2.75) is 58.5 Å². The minimum atomic E-state index is 0.505. The molecule has 1 N–H and O–H groups in total. The van der Waals surface area contributed by atoms with Crippen LogP contribution in [-0.2, 0) is 6.42 Å². The minimum absolute atomic E-state index is 0.505. The molecule has 0 radical (unpaired) electrons. The summed E-state index contributed by atoms with van der Waals surface area (Å²) in [4.78, 5) is 2.67. The third kappa shape index (κ3) is 3.83. The Bertz CT molecular complexity index is 402. The van der Waals surface area contributed by atoms with E-state index < -0.39 is 0 Å². The van der Waals surface area contributed by atoms with Crippen LogP contribution in [0.3, 0.4) is 0 Å². The average Bonchev–Trinajstić information content (AvgIpc) is 2.50. The van der Waals surface area contributed by atoms with Crippen molar-refractivity contribution in [2.24, 2.45) is 0 Å². The molecule has 0 saturated heterocycles. The van der Waals surface area contributed by atoms with E-state index in [0.717, 1.165) is 13.1 Å². The maximum atomic E-state index is 3.72. The van der Waals surface area contributed by atoms with Crippen molar-refractivity contribution in [3.8, 4) is 0 Å². The Morgan fingerprint density at radius 3 is 2.85 bits per heavy atom. The molecule has 112 valence electrons. The van der Waals surface area contributed by atoms with Gasteiger partial charge in [-0.2, -0.15) is 0 Å². The Labute approximate surface area is 124 Å². The quantitative estimate of drug-likeness (QED) is 0.814. The summed E-state index contributed by atoms with van der Waals surface area (Å²) in [5, 5.41) is 3.72. The number of hydrogen-bond acceptors (Lipinski definition) is 2. The molecule has 2 nitrogen and oxygen atoms in total. The van der Waals surface area contributed by atoms with Crippen LogP contribution in [0.5, 0.6) is 0 Å². The third-order valence-electron chi connectivity index (χ3n) is 4.65. The topological polar surface area (TPSA) is 15.3 Å². The molecule has 1 aliphatic heterocycles. The summed E-state index contributed by atoms with van der Waals surface area (Å²) >= 11 is 0. The van der Waals surface area contributed by atoms with Gasteiger partial charge in [0, 0.05) is 18.6 Å². The molecule has 0 amide bonds. The van der Waals surface area contributed by atoms with E-state index in [1.54, 1.807) is 0 Å². The molecule has 2 rings (SSSR count). The zero-order valence-electron chi connectivity index (χ0n) is 13.4. The minimum Gasteiger partial charge on any atom is -0.309 e. The van der Waals surface area contributed by atoms with E-state index in [1.807, 2.05) is 0 Å². The molecule has 0 spiro atoms. The van der Waals surface area contributed by atoms with Crippen LogP contribution in [0.25, 0.3) is 0 Å². The van der Waals surface area contributed by atoms with E-state index in [-0.39, 0.29) is 0 Å². The molecule has 0 fully saturated rings.